The van der Waals surface area contributed by atoms with Gasteiger partial charge in [0.25, 0.3) is 5.69 Å². The third-order valence-electron chi connectivity index (χ3n) is 1.92. The molecule has 1 heterocycles. The van der Waals surface area contributed by atoms with Crippen LogP contribution in [0.3, 0.4) is 0 Å². The predicted octanol–water partition coefficient (Wildman–Crippen LogP) is 0.844. The molecule has 0 radical (unpaired) electrons. The van der Waals surface area contributed by atoms with Gasteiger partial charge in [0.15, 0.2) is 4.90 Å². The molecule has 0 aromatic carbocycles. The van der Waals surface area contributed by atoms with Gasteiger partial charge in [0, 0.05) is 0 Å². The van der Waals surface area contributed by atoms with Gasteiger partial charge in [-0.25, -0.2) is 18.5 Å². The van der Waals surface area contributed by atoms with Crippen molar-refractivity contribution in [3.8, 4) is 5.88 Å². The van der Waals surface area contributed by atoms with Gasteiger partial charge in [-0.05, 0) is 6.92 Å². The lowest BCUT2D eigenvalue weighted by molar-refractivity contribution is -0.386. The molecule has 0 saturated carbocycles. The molecule has 0 aliphatic rings. The molecule has 8 nitrogen and oxygen atoms in total. The van der Waals surface area contributed by atoms with Gasteiger partial charge in [0.05, 0.1) is 10.5 Å². The number of alkyl halides is 3. The number of primary sulfonamides is 1. The molecule has 0 unspecified atom stereocenters. The van der Waals surface area contributed by atoms with Crippen LogP contribution in [0, 0.1) is 17.0 Å². The van der Waals surface area contributed by atoms with Gasteiger partial charge in [-0.1, -0.05) is 0 Å². The Morgan fingerprint density at radius 3 is 2.37 bits per heavy atom. The van der Waals surface area contributed by atoms with Crippen molar-refractivity contribution in [2.75, 3.05) is 0 Å². The summed E-state index contributed by atoms with van der Waals surface area (Å²) in [5.41, 5.74) is -1.39. The summed E-state index contributed by atoms with van der Waals surface area (Å²) in [4.78, 5) is 11.3. The third kappa shape index (κ3) is 3.51. The highest BCUT2D eigenvalue weighted by Crippen LogP contribution is 2.33. The fourth-order valence-electron chi connectivity index (χ4n) is 1.25. The Bertz CT molecular complexity index is 628. The van der Waals surface area contributed by atoms with E-state index in [1.807, 2.05) is 0 Å². The normalized spacial score (nSPS) is 12.3. The van der Waals surface area contributed by atoms with Crippen molar-refractivity contribution < 1.29 is 31.2 Å². The molecule has 0 aliphatic heterocycles. The number of sulfonamides is 1. The van der Waals surface area contributed by atoms with Crippen molar-refractivity contribution in [3.63, 3.8) is 0 Å². The molecule has 0 fully saturated rings. The van der Waals surface area contributed by atoms with Gasteiger partial charge in [-0.15, -0.1) is 13.2 Å². The molecule has 19 heavy (non-hydrogen) atoms. The second-order valence-electron chi connectivity index (χ2n) is 3.25. The Labute approximate surface area is 104 Å². The highest BCUT2D eigenvalue weighted by atomic mass is 32.2. The Morgan fingerprint density at radius 2 is 2.00 bits per heavy atom. The number of nitrogens with two attached hydrogens (primary N) is 1. The van der Waals surface area contributed by atoms with Gasteiger partial charge < -0.3 is 4.74 Å². The lowest BCUT2D eigenvalue weighted by atomic mass is 10.2. The molecule has 0 saturated heterocycles. The summed E-state index contributed by atoms with van der Waals surface area (Å²) in [6, 6.07) is 0. The minimum Gasteiger partial charge on any atom is -0.386 e. The Kier molecular flexibility index (Phi) is 3.67. The second kappa shape index (κ2) is 4.62. The highest BCUT2D eigenvalue weighted by Gasteiger charge is 2.36. The summed E-state index contributed by atoms with van der Waals surface area (Å²) in [6.07, 6.45) is -4.76. The second-order valence-corrected chi connectivity index (χ2v) is 4.75. The summed E-state index contributed by atoms with van der Waals surface area (Å²) >= 11 is 0. The maximum atomic E-state index is 12.1. The van der Waals surface area contributed by atoms with Gasteiger partial charge in [0.1, 0.15) is 6.20 Å². The van der Waals surface area contributed by atoms with Crippen molar-refractivity contribution in [3.05, 3.63) is 21.9 Å². The quantitative estimate of drug-likeness (QED) is 0.651. The van der Waals surface area contributed by atoms with E-state index in [-0.39, 0.29) is 0 Å². The lowest BCUT2D eigenvalue weighted by Crippen LogP contribution is -2.23. The maximum Gasteiger partial charge on any atom is 0.574 e. The summed E-state index contributed by atoms with van der Waals surface area (Å²) in [6.45, 7) is 0.919. The molecule has 106 valence electrons. The van der Waals surface area contributed by atoms with E-state index in [0.29, 0.717) is 6.20 Å². The van der Waals surface area contributed by atoms with Crippen molar-refractivity contribution in [1.29, 1.82) is 0 Å². The number of hydrogen-bond donors (Lipinski definition) is 1. The smallest absolute Gasteiger partial charge is 0.386 e. The first kappa shape index (κ1) is 15.1. The van der Waals surface area contributed by atoms with Crippen molar-refractivity contribution in [1.82, 2.24) is 4.98 Å². The molecule has 0 spiro atoms. The number of rotatable bonds is 3. The SMILES string of the molecule is Cc1c([N+](=O)[O-])cnc(OC(F)(F)F)c1S(N)(=O)=O. The highest BCUT2D eigenvalue weighted by molar-refractivity contribution is 7.89. The molecule has 0 bridgehead atoms. The van der Waals surface area contributed by atoms with Crippen LogP contribution in [-0.2, 0) is 10.0 Å². The van der Waals surface area contributed by atoms with Gasteiger partial charge in [-0.3, -0.25) is 10.1 Å². The Morgan fingerprint density at radius 1 is 1.47 bits per heavy atom. The zero-order valence-electron chi connectivity index (χ0n) is 9.13. The lowest BCUT2D eigenvalue weighted by Gasteiger charge is -2.12. The van der Waals surface area contributed by atoms with E-state index in [2.05, 4.69) is 9.72 Å². The molecule has 1 rings (SSSR count). The first-order valence-electron chi connectivity index (χ1n) is 4.36. The van der Waals surface area contributed by atoms with Crippen LogP contribution in [0.15, 0.2) is 11.1 Å². The fourth-order valence-corrected chi connectivity index (χ4v) is 2.12. The Hall–Kier alpha value is -1.95. The number of nitro groups is 1. The van der Waals surface area contributed by atoms with Crippen LogP contribution < -0.4 is 9.88 Å². The average molecular weight is 301 g/mol. The van der Waals surface area contributed by atoms with Gasteiger partial charge in [-0.2, -0.15) is 0 Å². The maximum absolute atomic E-state index is 12.1. The largest absolute Gasteiger partial charge is 0.574 e. The van der Waals surface area contributed by atoms with E-state index in [9.17, 15) is 31.7 Å². The van der Waals surface area contributed by atoms with E-state index in [1.165, 1.54) is 0 Å². The molecule has 0 atom stereocenters. The zero-order valence-corrected chi connectivity index (χ0v) is 9.95. The number of aromatic nitrogens is 1. The van der Waals surface area contributed by atoms with Gasteiger partial charge >= 0.3 is 6.36 Å². The molecule has 2 N–H and O–H groups in total. The molecule has 0 aliphatic carbocycles. The predicted molar refractivity (Wildman–Crippen MR) is 53.7 cm³/mol. The average Bonchev–Trinajstić information content (AvgIpc) is 2.11. The first-order valence-corrected chi connectivity index (χ1v) is 5.90. The standard InChI is InChI=1S/C7H6F3N3O5S/c1-3-4(13(14)15)2-12-6(18-7(8,9)10)5(3)19(11,16)17/h2H,1H3,(H2,11,16,17). The van der Waals surface area contributed by atoms with Crippen LogP contribution in [0.1, 0.15) is 5.56 Å². The van der Waals surface area contributed by atoms with Crippen LogP contribution in [0.4, 0.5) is 18.9 Å². The van der Waals surface area contributed by atoms with E-state index >= 15 is 0 Å². The van der Waals surface area contributed by atoms with E-state index < -0.39 is 43.3 Å². The number of nitrogens with zero attached hydrogens (tertiary/aromatic N) is 2. The van der Waals surface area contributed by atoms with Crippen LogP contribution in [0.5, 0.6) is 5.88 Å². The van der Waals surface area contributed by atoms with Gasteiger partial charge in [0.2, 0.25) is 15.9 Å². The van der Waals surface area contributed by atoms with Crippen LogP contribution in [-0.4, -0.2) is 24.7 Å². The Balaban J connectivity index is 3.59. The molecule has 12 heteroatoms. The van der Waals surface area contributed by atoms with Crippen LogP contribution in [0.25, 0.3) is 0 Å². The van der Waals surface area contributed by atoms with E-state index in [4.69, 9.17) is 5.14 Å². The molecular weight excluding hydrogens is 295 g/mol. The number of hydrogen-bond acceptors (Lipinski definition) is 6. The van der Waals surface area contributed by atoms with Crippen LogP contribution in [0.2, 0.25) is 0 Å². The van der Waals surface area contributed by atoms with E-state index in [0.717, 1.165) is 6.92 Å². The number of ether oxygens (including phenoxy) is 1. The summed E-state index contributed by atoms with van der Waals surface area (Å²) < 4.78 is 62.0. The number of pyridine rings is 1. The molecular formula is C7H6F3N3O5S. The third-order valence-corrected chi connectivity index (χ3v) is 2.97. The van der Waals surface area contributed by atoms with Crippen molar-refractivity contribution in [2.45, 2.75) is 18.2 Å². The molecule has 1 aromatic rings. The minimum absolute atomic E-state index is 0.449. The summed E-state index contributed by atoms with van der Waals surface area (Å²) in [5.74, 6) is -1.36. The number of halogens is 3. The fraction of sp³-hybridized carbons (Fsp3) is 0.286. The molecule has 1 aromatic heterocycles. The van der Waals surface area contributed by atoms with E-state index in [1.54, 1.807) is 0 Å². The molecule has 0 amide bonds. The monoisotopic (exact) mass is 301 g/mol. The topological polar surface area (TPSA) is 125 Å². The zero-order chi connectivity index (χ0) is 15.0. The summed E-state index contributed by atoms with van der Waals surface area (Å²) in [5, 5.41) is 15.3. The first-order chi connectivity index (χ1) is 8.43. The van der Waals surface area contributed by atoms with Crippen molar-refractivity contribution >= 4 is 15.7 Å². The minimum atomic E-state index is -5.21. The van der Waals surface area contributed by atoms with Crippen LogP contribution >= 0.6 is 0 Å². The van der Waals surface area contributed by atoms with Crippen molar-refractivity contribution in [2.24, 2.45) is 5.14 Å². The summed E-state index contributed by atoms with van der Waals surface area (Å²) in [7, 11) is -4.68.